The number of anilines is 1. The van der Waals surface area contributed by atoms with Gasteiger partial charge >= 0.3 is 0 Å². The Labute approximate surface area is 187 Å². The second-order valence-corrected chi connectivity index (χ2v) is 9.38. The quantitative estimate of drug-likeness (QED) is 0.409. The van der Waals surface area contributed by atoms with Crippen LogP contribution < -0.4 is 9.64 Å². The molecule has 1 aliphatic heterocycles. The lowest BCUT2D eigenvalue weighted by Crippen LogP contribution is -2.47. The van der Waals surface area contributed by atoms with E-state index in [0.29, 0.717) is 18.4 Å². The molecule has 0 bridgehead atoms. The summed E-state index contributed by atoms with van der Waals surface area (Å²) in [6.07, 6.45) is 2.14. The van der Waals surface area contributed by atoms with E-state index in [4.69, 9.17) is 4.74 Å². The Hall–Kier alpha value is -2.74. The maximum atomic E-state index is 5.96. The van der Waals surface area contributed by atoms with E-state index in [9.17, 15) is 0 Å². The smallest absolute Gasteiger partial charge is 0.119 e. The van der Waals surface area contributed by atoms with E-state index >= 15 is 0 Å². The first-order chi connectivity index (χ1) is 15.1. The highest BCUT2D eigenvalue weighted by Crippen LogP contribution is 2.46. The number of hydrogen-bond donors (Lipinski definition) is 0. The molecule has 4 rings (SSSR count). The first-order valence-electron chi connectivity index (χ1n) is 11.4. The highest BCUT2D eigenvalue weighted by atomic mass is 16.5. The topological polar surface area (TPSA) is 12.5 Å². The van der Waals surface area contributed by atoms with Crippen LogP contribution in [0.25, 0.3) is 0 Å². The van der Waals surface area contributed by atoms with Gasteiger partial charge in [0.25, 0.3) is 0 Å². The van der Waals surface area contributed by atoms with Gasteiger partial charge < -0.3 is 9.64 Å². The summed E-state index contributed by atoms with van der Waals surface area (Å²) >= 11 is 0. The van der Waals surface area contributed by atoms with Crippen LogP contribution in [0.15, 0.2) is 84.9 Å². The Balaban J connectivity index is 1.40. The lowest BCUT2D eigenvalue weighted by atomic mass is 9.65. The van der Waals surface area contributed by atoms with E-state index < -0.39 is 0 Å². The molecule has 2 atom stereocenters. The molecule has 0 aliphatic carbocycles. The highest BCUT2D eigenvalue weighted by molar-refractivity contribution is 5.50. The zero-order valence-corrected chi connectivity index (χ0v) is 18.8. The van der Waals surface area contributed by atoms with Crippen molar-refractivity contribution in [3.8, 4) is 5.75 Å². The van der Waals surface area contributed by atoms with Crippen LogP contribution in [0.4, 0.5) is 5.69 Å². The summed E-state index contributed by atoms with van der Waals surface area (Å²) in [5.41, 5.74) is 4.13. The van der Waals surface area contributed by atoms with Gasteiger partial charge in [0.2, 0.25) is 0 Å². The Bertz CT molecular complexity index is 933. The Morgan fingerprint density at radius 3 is 2.19 bits per heavy atom. The Kier molecular flexibility index (Phi) is 6.65. The average Bonchev–Trinajstić information content (AvgIpc) is 2.80. The molecule has 1 saturated heterocycles. The maximum Gasteiger partial charge on any atom is 0.119 e. The van der Waals surface area contributed by atoms with Gasteiger partial charge in [-0.2, -0.15) is 0 Å². The van der Waals surface area contributed by atoms with Crippen molar-refractivity contribution in [2.45, 2.75) is 39.2 Å². The molecule has 0 aromatic heterocycles. The summed E-state index contributed by atoms with van der Waals surface area (Å²) in [6.45, 7) is 11.9. The van der Waals surface area contributed by atoms with Crippen molar-refractivity contribution in [3.05, 3.63) is 103 Å². The molecule has 0 spiro atoms. The van der Waals surface area contributed by atoms with Crippen molar-refractivity contribution < 1.29 is 4.74 Å². The van der Waals surface area contributed by atoms with Crippen molar-refractivity contribution in [3.63, 3.8) is 0 Å². The molecule has 1 radical (unpaired) electrons. The molecule has 3 aromatic carbocycles. The summed E-state index contributed by atoms with van der Waals surface area (Å²) < 4.78 is 5.96. The van der Waals surface area contributed by atoms with Gasteiger partial charge in [-0.1, -0.05) is 81.4 Å². The van der Waals surface area contributed by atoms with Gasteiger partial charge in [0, 0.05) is 18.8 Å². The number of benzene rings is 3. The van der Waals surface area contributed by atoms with Gasteiger partial charge in [0.15, 0.2) is 0 Å². The fourth-order valence-corrected chi connectivity index (χ4v) is 5.13. The molecule has 2 heteroatoms. The van der Waals surface area contributed by atoms with Crippen LogP contribution in [0.5, 0.6) is 5.75 Å². The van der Waals surface area contributed by atoms with Gasteiger partial charge in [0.1, 0.15) is 12.4 Å². The van der Waals surface area contributed by atoms with Gasteiger partial charge in [-0.25, -0.2) is 0 Å². The number of rotatable bonds is 7. The zero-order chi connectivity index (χ0) is 21.7. The average molecular weight is 413 g/mol. The molecule has 2 nitrogen and oxygen atoms in total. The molecule has 1 heterocycles. The molecule has 3 aromatic rings. The maximum absolute atomic E-state index is 5.96. The van der Waals surface area contributed by atoms with Crippen molar-refractivity contribution >= 4 is 5.69 Å². The molecule has 2 unspecified atom stereocenters. The minimum Gasteiger partial charge on any atom is -0.489 e. The van der Waals surface area contributed by atoms with Gasteiger partial charge in [-0.3, -0.25) is 0 Å². The largest absolute Gasteiger partial charge is 0.489 e. The lowest BCUT2D eigenvalue weighted by molar-refractivity contribution is 0.144. The zero-order valence-electron chi connectivity index (χ0n) is 18.8. The number of ether oxygens (including phenoxy) is 1. The number of hydrogen-bond acceptors (Lipinski definition) is 2. The molecular formula is C29H34NO. The van der Waals surface area contributed by atoms with Crippen LogP contribution in [0.3, 0.4) is 0 Å². The third-order valence-corrected chi connectivity index (χ3v) is 6.79. The summed E-state index contributed by atoms with van der Waals surface area (Å²) in [6, 6.07) is 29.9. The van der Waals surface area contributed by atoms with E-state index in [0.717, 1.165) is 25.3 Å². The van der Waals surface area contributed by atoms with Crippen LogP contribution in [0, 0.1) is 18.3 Å². The van der Waals surface area contributed by atoms with Crippen molar-refractivity contribution in [1.29, 1.82) is 0 Å². The predicted octanol–water partition coefficient (Wildman–Crippen LogP) is 7.13. The predicted molar refractivity (Wildman–Crippen MR) is 130 cm³/mol. The molecule has 0 N–H and O–H groups in total. The molecular weight excluding hydrogens is 378 g/mol. The van der Waals surface area contributed by atoms with E-state index in [1.165, 1.54) is 23.2 Å². The third kappa shape index (κ3) is 5.12. The summed E-state index contributed by atoms with van der Waals surface area (Å²) in [7, 11) is 0. The van der Waals surface area contributed by atoms with Crippen LogP contribution in [-0.2, 0) is 6.61 Å². The van der Waals surface area contributed by atoms with Crippen molar-refractivity contribution in [2.75, 3.05) is 18.0 Å². The van der Waals surface area contributed by atoms with Crippen LogP contribution in [0.1, 0.15) is 43.7 Å². The van der Waals surface area contributed by atoms with Crippen LogP contribution in [0.2, 0.25) is 0 Å². The number of nitrogens with zero attached hydrogens (tertiary/aromatic N) is 1. The minimum atomic E-state index is 0.221. The third-order valence-electron chi connectivity index (χ3n) is 6.79. The summed E-state index contributed by atoms with van der Waals surface area (Å²) in [5.74, 6) is 2.08. The van der Waals surface area contributed by atoms with Gasteiger partial charge in [-0.05, 0) is 65.5 Å². The first-order valence-corrected chi connectivity index (χ1v) is 11.4. The fourth-order valence-electron chi connectivity index (χ4n) is 5.13. The standard InChI is InChI=1S/C29H34NO/c1-4-27(24-13-9-6-10-14-24)28-19-20-30(22-29(28,2)3)25-15-17-26(18-16-25)31-21-23-11-7-5-8-12-23/h5-18,27-28H,1,4,19-22H2,2-3H3. The van der Waals surface area contributed by atoms with Crippen molar-refractivity contribution in [2.24, 2.45) is 11.3 Å². The molecule has 1 fully saturated rings. The fraction of sp³-hybridized carbons (Fsp3) is 0.345. The highest BCUT2D eigenvalue weighted by Gasteiger charge is 2.40. The van der Waals surface area contributed by atoms with Crippen molar-refractivity contribution in [1.82, 2.24) is 0 Å². The lowest BCUT2D eigenvalue weighted by Gasteiger charge is -2.48. The monoisotopic (exact) mass is 412 g/mol. The van der Waals surface area contributed by atoms with E-state index in [-0.39, 0.29) is 5.41 Å². The molecule has 0 amide bonds. The van der Waals surface area contributed by atoms with E-state index in [1.54, 1.807) is 0 Å². The van der Waals surface area contributed by atoms with E-state index in [2.05, 4.69) is 92.4 Å². The Morgan fingerprint density at radius 1 is 0.935 bits per heavy atom. The van der Waals surface area contributed by atoms with Gasteiger partial charge in [-0.15, -0.1) is 0 Å². The number of piperidine rings is 1. The second kappa shape index (κ2) is 9.60. The molecule has 31 heavy (non-hydrogen) atoms. The van der Waals surface area contributed by atoms with E-state index in [1.807, 2.05) is 18.2 Å². The van der Waals surface area contributed by atoms with Crippen LogP contribution >= 0.6 is 0 Å². The summed E-state index contributed by atoms with van der Waals surface area (Å²) in [4.78, 5) is 2.53. The molecule has 1 aliphatic rings. The normalized spacial score (nSPS) is 19.1. The second-order valence-electron chi connectivity index (χ2n) is 9.38. The van der Waals surface area contributed by atoms with Crippen LogP contribution in [-0.4, -0.2) is 13.1 Å². The first kappa shape index (κ1) is 21.5. The molecule has 161 valence electrons. The SMILES string of the molecule is [CH2]CC(c1ccccc1)C1CCN(c2ccc(OCc3ccccc3)cc2)CC1(C)C. The molecule has 0 saturated carbocycles. The minimum absolute atomic E-state index is 0.221. The summed E-state index contributed by atoms with van der Waals surface area (Å²) in [5, 5.41) is 0. The Morgan fingerprint density at radius 2 is 1.58 bits per heavy atom. The van der Waals surface area contributed by atoms with Gasteiger partial charge in [0.05, 0.1) is 0 Å².